The summed E-state index contributed by atoms with van der Waals surface area (Å²) in [6.07, 6.45) is 1.51. The molecule has 0 radical (unpaired) electrons. The number of nitrogens with one attached hydrogen (secondary N) is 2. The van der Waals surface area contributed by atoms with Gasteiger partial charge in [-0.2, -0.15) is 0 Å². The predicted octanol–water partition coefficient (Wildman–Crippen LogP) is 4.19. The van der Waals surface area contributed by atoms with Crippen LogP contribution < -0.4 is 15.4 Å². The van der Waals surface area contributed by atoms with Crippen molar-refractivity contribution in [2.24, 2.45) is 5.41 Å². The van der Waals surface area contributed by atoms with E-state index in [1.165, 1.54) is 17.0 Å². The number of unbranched alkanes of at least 4 members (excludes halogenated alkanes) is 2. The van der Waals surface area contributed by atoms with Crippen LogP contribution in [0, 0.1) is 12.3 Å². The van der Waals surface area contributed by atoms with Crippen LogP contribution in [0.25, 0.3) is 10.4 Å². The number of aliphatic hydroxyl groups is 1. The Balaban J connectivity index is 1.21. The Bertz CT molecular complexity index is 1570. The summed E-state index contributed by atoms with van der Waals surface area (Å²) in [5, 5.41) is 25.1. The summed E-state index contributed by atoms with van der Waals surface area (Å²) < 4.78 is 11.2. The molecule has 1 aromatic heterocycles. The van der Waals surface area contributed by atoms with Crippen LogP contribution in [0.4, 0.5) is 0 Å². The van der Waals surface area contributed by atoms with Crippen LogP contribution in [-0.4, -0.2) is 88.3 Å². The average Bonchev–Trinajstić information content (AvgIpc) is 3.68. The van der Waals surface area contributed by atoms with E-state index in [1.54, 1.807) is 23.5 Å². The third-order valence-electron chi connectivity index (χ3n) is 8.25. The molecule has 1 fully saturated rings. The smallest absolute Gasteiger partial charge is 0.335 e. The summed E-state index contributed by atoms with van der Waals surface area (Å²) in [5.74, 6) is -1.63. The lowest BCUT2D eigenvalue weighted by atomic mass is 9.85. The molecule has 1 saturated heterocycles. The molecule has 12 nitrogen and oxygen atoms in total. The molecular formula is C36H46N4O8S. The molecule has 1 aliphatic heterocycles. The maximum absolute atomic E-state index is 13.8. The number of aryl methyl sites for hydroxylation is 1. The highest BCUT2D eigenvalue weighted by atomic mass is 32.1. The summed E-state index contributed by atoms with van der Waals surface area (Å²) in [6.45, 7) is 8.31. The van der Waals surface area contributed by atoms with E-state index in [-0.39, 0.29) is 37.6 Å². The quantitative estimate of drug-likeness (QED) is 0.161. The first-order chi connectivity index (χ1) is 23.3. The summed E-state index contributed by atoms with van der Waals surface area (Å²) in [5.41, 5.74) is 4.25. The van der Waals surface area contributed by atoms with E-state index >= 15 is 0 Å². The number of carbonyl (C=O) groups excluding carboxylic acids is 3. The number of hydrogen-bond acceptors (Lipinski definition) is 9. The lowest BCUT2D eigenvalue weighted by molar-refractivity contribution is -0.144. The van der Waals surface area contributed by atoms with Crippen LogP contribution in [0.15, 0.2) is 54.0 Å². The molecule has 4 rings (SSSR count). The Labute approximate surface area is 290 Å². The first kappa shape index (κ1) is 37.5. The van der Waals surface area contributed by atoms with E-state index in [2.05, 4.69) is 15.6 Å². The number of β-amino-alcohol motifs (C(OH)–C–C–N with tert-alkyl or cyclic N) is 1. The van der Waals surface area contributed by atoms with Crippen molar-refractivity contribution >= 4 is 35.0 Å². The zero-order chi connectivity index (χ0) is 35.6. The summed E-state index contributed by atoms with van der Waals surface area (Å²) in [4.78, 5) is 57.6. The second-order valence-corrected chi connectivity index (χ2v) is 14.1. The highest BCUT2D eigenvalue weighted by Crippen LogP contribution is 2.28. The second-order valence-electron chi connectivity index (χ2n) is 13.2. The van der Waals surface area contributed by atoms with Crippen molar-refractivity contribution in [3.8, 4) is 16.2 Å². The maximum Gasteiger partial charge on any atom is 0.335 e. The molecule has 0 spiro atoms. The fourth-order valence-electron chi connectivity index (χ4n) is 5.51. The van der Waals surface area contributed by atoms with Crippen LogP contribution in [0.2, 0.25) is 0 Å². The van der Waals surface area contributed by atoms with E-state index in [4.69, 9.17) is 14.6 Å². The normalized spacial score (nSPS) is 16.6. The number of rotatable bonds is 16. The van der Waals surface area contributed by atoms with Gasteiger partial charge in [-0.25, -0.2) is 9.78 Å². The van der Waals surface area contributed by atoms with Gasteiger partial charge in [-0.3, -0.25) is 14.4 Å². The number of aromatic nitrogens is 1. The molecular weight excluding hydrogens is 648 g/mol. The number of carbonyl (C=O) groups is 4. The van der Waals surface area contributed by atoms with Crippen LogP contribution in [-0.2, 0) is 25.7 Å². The number of hydrogen-bond donors (Lipinski definition) is 4. The highest BCUT2D eigenvalue weighted by Gasteiger charge is 2.44. The van der Waals surface area contributed by atoms with E-state index in [9.17, 15) is 24.3 Å². The lowest BCUT2D eigenvalue weighted by Crippen LogP contribution is -2.58. The number of carboxylic acid groups (broad SMARTS) is 1. The molecule has 3 unspecified atom stereocenters. The molecule has 3 amide bonds. The number of carboxylic acids is 1. The first-order valence-corrected chi connectivity index (χ1v) is 17.3. The molecule has 49 heavy (non-hydrogen) atoms. The summed E-state index contributed by atoms with van der Waals surface area (Å²) in [7, 11) is 0. The van der Waals surface area contributed by atoms with Crippen molar-refractivity contribution < 1.29 is 38.9 Å². The molecule has 3 atom stereocenters. The molecule has 0 bridgehead atoms. The van der Waals surface area contributed by atoms with Crippen LogP contribution in [0.5, 0.6) is 5.75 Å². The van der Waals surface area contributed by atoms with Gasteiger partial charge in [-0.1, -0.05) is 45.0 Å². The molecule has 0 aliphatic carbocycles. The zero-order valence-corrected chi connectivity index (χ0v) is 29.3. The monoisotopic (exact) mass is 694 g/mol. The van der Waals surface area contributed by atoms with Gasteiger partial charge in [-0.05, 0) is 67.0 Å². The number of likely N-dealkylation sites (tertiary alicyclic amines) is 1. The number of amides is 3. The van der Waals surface area contributed by atoms with E-state index in [1.807, 2.05) is 57.5 Å². The Morgan fingerprint density at radius 3 is 2.35 bits per heavy atom. The van der Waals surface area contributed by atoms with Gasteiger partial charge in [0.2, 0.25) is 17.7 Å². The van der Waals surface area contributed by atoms with Crippen molar-refractivity contribution in [2.75, 3.05) is 26.4 Å². The molecule has 4 N–H and O–H groups in total. The minimum Gasteiger partial charge on any atom is -0.494 e. The Hall–Kier alpha value is -4.33. The van der Waals surface area contributed by atoms with Crippen LogP contribution in [0.1, 0.15) is 68.1 Å². The fraction of sp³-hybridized carbons (Fsp3) is 0.472. The van der Waals surface area contributed by atoms with Gasteiger partial charge in [0.15, 0.2) is 0 Å². The van der Waals surface area contributed by atoms with Crippen molar-refractivity contribution in [1.82, 2.24) is 20.5 Å². The summed E-state index contributed by atoms with van der Waals surface area (Å²) in [6, 6.07) is 12.3. The molecule has 264 valence electrons. The van der Waals surface area contributed by atoms with Gasteiger partial charge in [0.25, 0.3) is 0 Å². The first-order valence-electron chi connectivity index (χ1n) is 16.4. The van der Waals surface area contributed by atoms with Gasteiger partial charge in [0, 0.05) is 26.1 Å². The average molecular weight is 695 g/mol. The maximum atomic E-state index is 13.8. The highest BCUT2D eigenvalue weighted by molar-refractivity contribution is 7.13. The van der Waals surface area contributed by atoms with E-state index in [0.29, 0.717) is 25.4 Å². The number of ether oxygens (including phenoxy) is 2. The minimum atomic E-state index is -0.988. The molecule has 0 saturated carbocycles. The molecule has 1 aliphatic rings. The topological polar surface area (TPSA) is 167 Å². The zero-order valence-electron chi connectivity index (χ0n) is 28.4. The van der Waals surface area contributed by atoms with Crippen molar-refractivity contribution in [2.45, 2.75) is 78.1 Å². The van der Waals surface area contributed by atoms with Gasteiger partial charge < -0.3 is 35.2 Å². The third-order valence-corrected chi connectivity index (χ3v) is 9.23. The molecule has 13 heteroatoms. The van der Waals surface area contributed by atoms with Gasteiger partial charge >= 0.3 is 5.97 Å². The molecule has 2 heterocycles. The van der Waals surface area contributed by atoms with Gasteiger partial charge in [0.05, 0.1) is 34.4 Å². The summed E-state index contributed by atoms with van der Waals surface area (Å²) >= 11 is 1.57. The van der Waals surface area contributed by atoms with Gasteiger partial charge in [-0.15, -0.1) is 11.3 Å². The van der Waals surface area contributed by atoms with Gasteiger partial charge in [0.1, 0.15) is 24.4 Å². The van der Waals surface area contributed by atoms with Crippen molar-refractivity contribution in [1.29, 1.82) is 0 Å². The predicted molar refractivity (Wildman–Crippen MR) is 185 cm³/mol. The van der Waals surface area contributed by atoms with E-state index < -0.39 is 41.4 Å². The number of thiazole rings is 1. The lowest BCUT2D eigenvalue weighted by Gasteiger charge is -2.35. The number of aromatic carboxylic acids is 1. The standard InChI is InChI=1S/C36H46N4O8S/c1-23-31(49-22-38-23)25-10-8-24(9-11-25)19-37-33(43)29-18-27(41)20-40(29)34(44)32(36(2,3)4)39-30(42)21-47-16-6-5-7-17-48-28-14-12-26(13-15-28)35(45)46/h8-15,22,27,29,32,41H,5-7,16-21H2,1-4H3,(H,37,43)(H,39,42)(H,45,46). The SMILES string of the molecule is Cc1ncsc1-c1ccc(CNC(=O)C2CC(O)CN2C(=O)C(NC(=O)COCCCCCOc2ccc(C(=O)O)cc2)C(C)(C)C)cc1. The molecule has 3 aromatic rings. The Morgan fingerprint density at radius 2 is 1.71 bits per heavy atom. The third kappa shape index (κ3) is 10.8. The van der Waals surface area contributed by atoms with Crippen molar-refractivity contribution in [3.63, 3.8) is 0 Å². The molecule has 2 aromatic carbocycles. The number of aliphatic hydroxyl groups excluding tert-OH is 1. The largest absolute Gasteiger partial charge is 0.494 e. The fourth-order valence-corrected chi connectivity index (χ4v) is 6.33. The van der Waals surface area contributed by atoms with Crippen LogP contribution in [0.3, 0.4) is 0 Å². The van der Waals surface area contributed by atoms with E-state index in [0.717, 1.165) is 34.5 Å². The minimum absolute atomic E-state index is 0.00384. The Kier molecular flexibility index (Phi) is 13.3. The van der Waals surface area contributed by atoms with Crippen molar-refractivity contribution in [3.05, 3.63) is 70.9 Å². The number of nitrogens with zero attached hydrogens (tertiary/aromatic N) is 2. The number of benzene rings is 2. The Morgan fingerprint density at radius 1 is 1.02 bits per heavy atom. The second kappa shape index (κ2) is 17.4. The van der Waals surface area contributed by atoms with Crippen LogP contribution >= 0.6 is 11.3 Å².